The van der Waals surface area contributed by atoms with E-state index in [0.717, 1.165) is 16.3 Å². The van der Waals surface area contributed by atoms with Gasteiger partial charge in [0, 0.05) is 17.0 Å². The Kier molecular flexibility index (Phi) is 4.73. The van der Waals surface area contributed by atoms with E-state index in [0.29, 0.717) is 18.8 Å². The van der Waals surface area contributed by atoms with Gasteiger partial charge in [-0.2, -0.15) is 0 Å². The molecule has 0 saturated carbocycles. The van der Waals surface area contributed by atoms with E-state index < -0.39 is 0 Å². The van der Waals surface area contributed by atoms with Gasteiger partial charge in [-0.3, -0.25) is 0 Å². The van der Waals surface area contributed by atoms with Gasteiger partial charge in [-0.25, -0.2) is 9.37 Å². The zero-order valence-electron chi connectivity index (χ0n) is 11.9. The molecule has 108 valence electrons. The van der Waals surface area contributed by atoms with Gasteiger partial charge in [-0.1, -0.05) is 0 Å². The molecule has 1 atom stereocenters. The van der Waals surface area contributed by atoms with Crippen LogP contribution in [0.2, 0.25) is 0 Å². The maximum Gasteiger partial charge on any atom is 0.140 e. The van der Waals surface area contributed by atoms with Crippen molar-refractivity contribution in [1.29, 1.82) is 0 Å². The fraction of sp³-hybridized carbons (Fsp3) is 0.400. The van der Waals surface area contributed by atoms with E-state index in [4.69, 9.17) is 10.5 Å². The molecule has 0 radical (unpaired) electrons. The molecular formula is C15H19FN2OS. The first-order chi connectivity index (χ1) is 9.44. The molecule has 0 amide bonds. The molecule has 2 rings (SSSR count). The molecule has 1 aromatic carbocycles. The third-order valence-electron chi connectivity index (χ3n) is 2.92. The van der Waals surface area contributed by atoms with Crippen LogP contribution in [0.3, 0.4) is 0 Å². The number of ether oxygens (including phenoxy) is 1. The maximum atomic E-state index is 13.5. The first-order valence-electron chi connectivity index (χ1n) is 6.55. The predicted molar refractivity (Wildman–Crippen MR) is 79.7 cm³/mol. The van der Waals surface area contributed by atoms with Crippen molar-refractivity contribution in [3.63, 3.8) is 0 Å². The van der Waals surface area contributed by atoms with Crippen molar-refractivity contribution < 1.29 is 9.13 Å². The highest BCUT2D eigenvalue weighted by Crippen LogP contribution is 2.21. The molecule has 5 heteroatoms. The second-order valence-electron chi connectivity index (χ2n) is 5.01. The Morgan fingerprint density at radius 2 is 2.10 bits per heavy atom. The standard InChI is InChI=1S/C15H19FN2OS/c1-9(17)4-12-5-13(16)7-14(6-12)19-8-15-18-10(2)11(3)20-15/h5-7,9H,4,8,17H2,1-3H3. The number of halogens is 1. The van der Waals surface area contributed by atoms with Crippen LogP contribution in [0.5, 0.6) is 5.75 Å². The fourth-order valence-electron chi connectivity index (χ4n) is 1.94. The van der Waals surface area contributed by atoms with Crippen LogP contribution in [0.1, 0.15) is 28.1 Å². The van der Waals surface area contributed by atoms with Crippen LogP contribution in [-0.2, 0) is 13.0 Å². The summed E-state index contributed by atoms with van der Waals surface area (Å²) < 4.78 is 19.2. The Bertz CT molecular complexity index is 576. The first-order valence-corrected chi connectivity index (χ1v) is 7.36. The largest absolute Gasteiger partial charge is 0.486 e. The lowest BCUT2D eigenvalue weighted by Gasteiger charge is -2.09. The highest BCUT2D eigenvalue weighted by atomic mass is 32.1. The Morgan fingerprint density at radius 1 is 1.35 bits per heavy atom. The summed E-state index contributed by atoms with van der Waals surface area (Å²) >= 11 is 1.60. The second-order valence-corrected chi connectivity index (χ2v) is 6.30. The molecule has 0 aliphatic heterocycles. The van der Waals surface area contributed by atoms with Gasteiger partial charge in [0.25, 0.3) is 0 Å². The van der Waals surface area contributed by atoms with Crippen molar-refractivity contribution in [2.24, 2.45) is 5.73 Å². The third-order valence-corrected chi connectivity index (χ3v) is 3.97. The van der Waals surface area contributed by atoms with Gasteiger partial charge >= 0.3 is 0 Å². The van der Waals surface area contributed by atoms with Crippen molar-refractivity contribution in [2.45, 2.75) is 39.8 Å². The Hall–Kier alpha value is -1.46. The predicted octanol–water partition coefficient (Wildman–Crippen LogP) is 3.37. The van der Waals surface area contributed by atoms with Crippen LogP contribution < -0.4 is 10.5 Å². The van der Waals surface area contributed by atoms with Crippen molar-refractivity contribution in [3.8, 4) is 5.75 Å². The van der Waals surface area contributed by atoms with Crippen molar-refractivity contribution in [3.05, 3.63) is 45.2 Å². The minimum Gasteiger partial charge on any atom is -0.486 e. The van der Waals surface area contributed by atoms with E-state index in [1.165, 1.54) is 17.0 Å². The molecule has 0 bridgehead atoms. The second kappa shape index (κ2) is 6.33. The minimum atomic E-state index is -0.301. The topological polar surface area (TPSA) is 48.1 Å². The summed E-state index contributed by atoms with van der Waals surface area (Å²) in [6, 6.07) is 4.71. The summed E-state index contributed by atoms with van der Waals surface area (Å²) in [6.07, 6.45) is 0.629. The van der Waals surface area contributed by atoms with E-state index in [1.54, 1.807) is 11.3 Å². The fourth-order valence-corrected chi connectivity index (χ4v) is 2.79. The summed E-state index contributed by atoms with van der Waals surface area (Å²) in [5.74, 6) is 0.218. The molecule has 2 N–H and O–H groups in total. The SMILES string of the molecule is Cc1nc(COc2cc(F)cc(CC(C)N)c2)sc1C. The number of hydrogen-bond acceptors (Lipinski definition) is 4. The van der Waals surface area contributed by atoms with Crippen LogP contribution in [0, 0.1) is 19.7 Å². The highest BCUT2D eigenvalue weighted by Gasteiger charge is 2.07. The Labute approximate surface area is 122 Å². The van der Waals surface area contributed by atoms with Gasteiger partial charge < -0.3 is 10.5 Å². The van der Waals surface area contributed by atoms with Crippen molar-refractivity contribution in [2.75, 3.05) is 0 Å². The lowest BCUT2D eigenvalue weighted by atomic mass is 10.1. The number of hydrogen-bond donors (Lipinski definition) is 1. The molecule has 0 spiro atoms. The van der Waals surface area contributed by atoms with E-state index in [2.05, 4.69) is 4.98 Å². The molecule has 0 aliphatic carbocycles. The van der Waals surface area contributed by atoms with Gasteiger partial charge in [-0.05, 0) is 44.9 Å². The Balaban J connectivity index is 2.07. The van der Waals surface area contributed by atoms with Crippen LogP contribution >= 0.6 is 11.3 Å². The smallest absolute Gasteiger partial charge is 0.140 e. The van der Waals surface area contributed by atoms with Crippen molar-refractivity contribution in [1.82, 2.24) is 4.98 Å². The Morgan fingerprint density at radius 3 is 2.70 bits per heavy atom. The quantitative estimate of drug-likeness (QED) is 0.919. The monoisotopic (exact) mass is 294 g/mol. The molecule has 1 unspecified atom stereocenters. The minimum absolute atomic E-state index is 0.00564. The van der Waals surface area contributed by atoms with E-state index in [1.807, 2.05) is 26.8 Å². The summed E-state index contributed by atoms with van der Waals surface area (Å²) in [5.41, 5.74) is 7.60. The number of aromatic nitrogens is 1. The average Bonchev–Trinajstić information content (AvgIpc) is 2.65. The zero-order chi connectivity index (χ0) is 14.7. The summed E-state index contributed by atoms with van der Waals surface area (Å²) in [4.78, 5) is 5.58. The summed E-state index contributed by atoms with van der Waals surface area (Å²) in [7, 11) is 0. The molecule has 1 heterocycles. The molecule has 0 aliphatic rings. The normalized spacial score (nSPS) is 12.4. The molecule has 1 aromatic heterocycles. The van der Waals surface area contributed by atoms with Gasteiger partial charge in [0.15, 0.2) is 0 Å². The lowest BCUT2D eigenvalue weighted by Crippen LogP contribution is -2.17. The number of benzene rings is 1. The number of thiazole rings is 1. The van der Waals surface area contributed by atoms with Crippen LogP contribution in [-0.4, -0.2) is 11.0 Å². The molecule has 3 nitrogen and oxygen atoms in total. The molecular weight excluding hydrogens is 275 g/mol. The molecule has 2 aromatic rings. The average molecular weight is 294 g/mol. The van der Waals surface area contributed by atoms with Crippen LogP contribution in [0.4, 0.5) is 4.39 Å². The number of nitrogens with zero attached hydrogens (tertiary/aromatic N) is 1. The van der Waals surface area contributed by atoms with Gasteiger partial charge in [-0.15, -0.1) is 11.3 Å². The molecule has 0 fully saturated rings. The van der Waals surface area contributed by atoms with Crippen LogP contribution in [0.15, 0.2) is 18.2 Å². The molecule has 20 heavy (non-hydrogen) atoms. The number of nitrogens with two attached hydrogens (primary N) is 1. The van der Waals surface area contributed by atoms with Crippen molar-refractivity contribution >= 4 is 11.3 Å². The summed E-state index contributed by atoms with van der Waals surface area (Å²) in [5, 5.41) is 0.901. The number of aryl methyl sites for hydroxylation is 2. The van der Waals surface area contributed by atoms with Gasteiger partial charge in [0.1, 0.15) is 23.2 Å². The summed E-state index contributed by atoms with van der Waals surface area (Å²) in [6.45, 7) is 6.25. The maximum absolute atomic E-state index is 13.5. The third kappa shape index (κ3) is 4.02. The lowest BCUT2D eigenvalue weighted by molar-refractivity contribution is 0.303. The molecule has 0 saturated heterocycles. The first kappa shape index (κ1) is 14.9. The van der Waals surface area contributed by atoms with Crippen LogP contribution in [0.25, 0.3) is 0 Å². The van der Waals surface area contributed by atoms with Gasteiger partial charge in [0.2, 0.25) is 0 Å². The zero-order valence-corrected chi connectivity index (χ0v) is 12.8. The highest BCUT2D eigenvalue weighted by molar-refractivity contribution is 7.11. The van der Waals surface area contributed by atoms with Gasteiger partial charge in [0.05, 0.1) is 5.69 Å². The number of rotatable bonds is 5. The van der Waals surface area contributed by atoms with E-state index >= 15 is 0 Å². The van der Waals surface area contributed by atoms with E-state index in [-0.39, 0.29) is 11.9 Å². The van der Waals surface area contributed by atoms with E-state index in [9.17, 15) is 4.39 Å².